The molecule has 0 aliphatic carbocycles. The highest BCUT2D eigenvalue weighted by Gasteiger charge is 2.17. The minimum absolute atomic E-state index is 0.0347. The highest BCUT2D eigenvalue weighted by atomic mass is 35.5. The Hall–Kier alpha value is -2.54. The summed E-state index contributed by atoms with van der Waals surface area (Å²) in [5.41, 5.74) is 2.81. The molecular weight excluding hydrogens is 391 g/mol. The van der Waals surface area contributed by atoms with E-state index in [0.717, 1.165) is 5.56 Å². The van der Waals surface area contributed by atoms with Crippen molar-refractivity contribution in [3.8, 4) is 5.75 Å². The molecule has 0 radical (unpaired) electrons. The van der Waals surface area contributed by atoms with Gasteiger partial charge in [0.15, 0.2) is 11.9 Å². The molecular formula is C19H14Cl2N2O4. The number of benzene rings is 1. The second-order valence-corrected chi connectivity index (χ2v) is 6.62. The predicted molar refractivity (Wildman–Crippen MR) is 101 cm³/mol. The van der Waals surface area contributed by atoms with Crippen LogP contribution >= 0.6 is 23.2 Å². The summed E-state index contributed by atoms with van der Waals surface area (Å²) in [6.07, 6.45) is 4.70. The minimum atomic E-state index is -0.516. The van der Waals surface area contributed by atoms with E-state index in [2.05, 4.69) is 4.98 Å². The van der Waals surface area contributed by atoms with Crippen molar-refractivity contribution in [1.82, 2.24) is 9.38 Å². The van der Waals surface area contributed by atoms with E-state index >= 15 is 0 Å². The molecule has 2 aromatic heterocycles. The molecule has 27 heavy (non-hydrogen) atoms. The van der Waals surface area contributed by atoms with Gasteiger partial charge in [0.25, 0.3) is 0 Å². The number of rotatable bonds is 4. The first kappa shape index (κ1) is 17.9. The fraction of sp³-hybridized carbons (Fsp3) is 0.158. The Kier molecular flexibility index (Phi) is 5.03. The van der Waals surface area contributed by atoms with E-state index in [1.165, 1.54) is 6.08 Å². The van der Waals surface area contributed by atoms with Crippen LogP contribution in [0.25, 0.3) is 11.7 Å². The van der Waals surface area contributed by atoms with Gasteiger partial charge in [-0.25, -0.2) is 9.78 Å². The molecule has 1 aliphatic heterocycles. The monoisotopic (exact) mass is 404 g/mol. The van der Waals surface area contributed by atoms with Gasteiger partial charge in [0.2, 0.25) is 0 Å². The zero-order chi connectivity index (χ0) is 18.8. The molecule has 8 heteroatoms. The maximum Gasteiger partial charge on any atom is 0.331 e. The third-order valence-electron chi connectivity index (χ3n) is 4.02. The van der Waals surface area contributed by atoms with Crippen LogP contribution in [0.5, 0.6) is 5.75 Å². The van der Waals surface area contributed by atoms with Crippen LogP contribution in [-0.2, 0) is 27.5 Å². The van der Waals surface area contributed by atoms with Crippen molar-refractivity contribution >= 4 is 40.9 Å². The van der Waals surface area contributed by atoms with Crippen molar-refractivity contribution in [3.63, 3.8) is 0 Å². The number of hydrogen-bond donors (Lipinski definition) is 0. The Balaban J connectivity index is 1.48. The molecule has 0 saturated heterocycles. The SMILES string of the molecule is O=C(/C=C/c1c(Cl)nc2ccccn12)OCc1cc(Cl)cc2c1OCOC2. The molecule has 138 valence electrons. The maximum absolute atomic E-state index is 12.1. The van der Waals surface area contributed by atoms with Crippen molar-refractivity contribution < 1.29 is 19.0 Å². The molecule has 6 nitrogen and oxygen atoms in total. The molecule has 3 aromatic rings. The second-order valence-electron chi connectivity index (χ2n) is 5.82. The quantitative estimate of drug-likeness (QED) is 0.480. The van der Waals surface area contributed by atoms with E-state index in [0.29, 0.717) is 39.4 Å². The van der Waals surface area contributed by atoms with E-state index < -0.39 is 5.97 Å². The van der Waals surface area contributed by atoms with Crippen molar-refractivity contribution in [2.75, 3.05) is 6.79 Å². The number of hydrogen-bond acceptors (Lipinski definition) is 5. The van der Waals surface area contributed by atoms with Crippen molar-refractivity contribution in [2.45, 2.75) is 13.2 Å². The van der Waals surface area contributed by atoms with Crippen LogP contribution in [-0.4, -0.2) is 22.1 Å². The summed E-state index contributed by atoms with van der Waals surface area (Å²) in [4.78, 5) is 16.4. The van der Waals surface area contributed by atoms with Crippen molar-refractivity contribution in [3.05, 3.63) is 69.6 Å². The first-order chi connectivity index (χ1) is 13.1. The van der Waals surface area contributed by atoms with Crippen LogP contribution in [0.15, 0.2) is 42.6 Å². The zero-order valence-electron chi connectivity index (χ0n) is 14.0. The number of esters is 1. The van der Waals surface area contributed by atoms with Crippen LogP contribution in [0.1, 0.15) is 16.8 Å². The van der Waals surface area contributed by atoms with E-state index in [4.69, 9.17) is 37.4 Å². The molecule has 3 heterocycles. The van der Waals surface area contributed by atoms with E-state index in [1.807, 2.05) is 24.4 Å². The van der Waals surface area contributed by atoms with Gasteiger partial charge in [-0.1, -0.05) is 29.3 Å². The van der Waals surface area contributed by atoms with Gasteiger partial charge in [-0.2, -0.15) is 0 Å². The smallest absolute Gasteiger partial charge is 0.331 e. The fourth-order valence-electron chi connectivity index (χ4n) is 2.84. The molecule has 4 rings (SSSR count). The molecule has 1 aromatic carbocycles. The summed E-state index contributed by atoms with van der Waals surface area (Å²) in [6.45, 7) is 0.596. The van der Waals surface area contributed by atoms with Crippen molar-refractivity contribution in [2.24, 2.45) is 0 Å². The number of nitrogens with zero attached hydrogens (tertiary/aromatic N) is 2. The molecule has 0 amide bonds. The van der Waals surface area contributed by atoms with Gasteiger partial charge in [-0.15, -0.1) is 0 Å². The first-order valence-electron chi connectivity index (χ1n) is 8.11. The largest absolute Gasteiger partial charge is 0.467 e. The van der Waals surface area contributed by atoms with Crippen LogP contribution in [0.3, 0.4) is 0 Å². The number of halogens is 2. The summed E-state index contributed by atoms with van der Waals surface area (Å²) >= 11 is 12.3. The van der Waals surface area contributed by atoms with E-state index in [1.54, 1.807) is 22.6 Å². The van der Waals surface area contributed by atoms with Gasteiger partial charge >= 0.3 is 5.97 Å². The van der Waals surface area contributed by atoms with Gasteiger partial charge < -0.3 is 14.2 Å². The number of ether oxygens (including phenoxy) is 3. The van der Waals surface area contributed by atoms with Gasteiger partial charge in [0.05, 0.1) is 12.3 Å². The molecule has 0 bridgehead atoms. The Morgan fingerprint density at radius 3 is 3.11 bits per heavy atom. The molecule has 0 fully saturated rings. The molecule has 0 unspecified atom stereocenters. The summed E-state index contributed by atoms with van der Waals surface area (Å²) in [5.74, 6) is 0.130. The summed E-state index contributed by atoms with van der Waals surface area (Å²) in [6, 6.07) is 9.03. The highest BCUT2D eigenvalue weighted by molar-refractivity contribution is 6.31. The fourth-order valence-corrected chi connectivity index (χ4v) is 3.35. The van der Waals surface area contributed by atoms with Gasteiger partial charge in [-0.05, 0) is 30.3 Å². The molecule has 0 saturated carbocycles. The zero-order valence-corrected chi connectivity index (χ0v) is 15.5. The molecule has 0 spiro atoms. The molecule has 0 atom stereocenters. The lowest BCUT2D eigenvalue weighted by atomic mass is 10.1. The van der Waals surface area contributed by atoms with Crippen molar-refractivity contribution in [1.29, 1.82) is 0 Å². The number of imidazole rings is 1. The van der Waals surface area contributed by atoms with Crippen LogP contribution in [0, 0.1) is 0 Å². The lowest BCUT2D eigenvalue weighted by Crippen LogP contribution is -2.14. The molecule has 1 aliphatic rings. The van der Waals surface area contributed by atoms with Crippen LogP contribution in [0.2, 0.25) is 10.2 Å². The highest BCUT2D eigenvalue weighted by Crippen LogP contribution is 2.32. The lowest BCUT2D eigenvalue weighted by molar-refractivity contribution is -0.139. The van der Waals surface area contributed by atoms with Gasteiger partial charge in [0.1, 0.15) is 18.0 Å². The van der Waals surface area contributed by atoms with Crippen LogP contribution < -0.4 is 4.74 Å². The number of aromatic nitrogens is 2. The first-order valence-corrected chi connectivity index (χ1v) is 8.86. The average molecular weight is 405 g/mol. The summed E-state index contributed by atoms with van der Waals surface area (Å²) in [5, 5.41) is 0.838. The number of carbonyl (C=O) groups excluding carboxylic acids is 1. The number of fused-ring (bicyclic) bond motifs is 2. The second kappa shape index (κ2) is 7.60. The Morgan fingerprint density at radius 2 is 2.22 bits per heavy atom. The standard InChI is InChI=1S/C19H14Cl2N2O4/c20-14-7-12-9-25-11-27-18(12)13(8-14)10-26-17(24)5-4-15-19(21)22-16-3-1-2-6-23(15)16/h1-8H,9-11H2/b5-4+. The number of pyridine rings is 1. The Bertz CT molecular complexity index is 1050. The number of carbonyl (C=O) groups is 1. The minimum Gasteiger partial charge on any atom is -0.467 e. The third kappa shape index (κ3) is 3.78. The Labute approximate surface area is 164 Å². The van der Waals surface area contributed by atoms with E-state index in [-0.39, 0.29) is 13.4 Å². The van der Waals surface area contributed by atoms with E-state index in [9.17, 15) is 4.79 Å². The topological polar surface area (TPSA) is 62.1 Å². The predicted octanol–water partition coefficient (Wildman–Crippen LogP) is 4.26. The average Bonchev–Trinajstić information content (AvgIpc) is 2.99. The maximum atomic E-state index is 12.1. The van der Waals surface area contributed by atoms with Gasteiger partial charge in [0, 0.05) is 28.4 Å². The van der Waals surface area contributed by atoms with Gasteiger partial charge in [-0.3, -0.25) is 4.40 Å². The van der Waals surface area contributed by atoms with Crippen LogP contribution in [0.4, 0.5) is 0 Å². The molecule has 0 N–H and O–H groups in total. The normalized spacial score (nSPS) is 13.6. The third-order valence-corrected chi connectivity index (χ3v) is 4.52. The summed E-state index contributed by atoms with van der Waals surface area (Å²) in [7, 11) is 0. The Morgan fingerprint density at radius 1 is 1.33 bits per heavy atom. The summed E-state index contributed by atoms with van der Waals surface area (Å²) < 4.78 is 17.8. The lowest BCUT2D eigenvalue weighted by Gasteiger charge is -2.20.